The molecule has 2 amide bonds. The van der Waals surface area contributed by atoms with E-state index in [2.05, 4.69) is 34.4 Å². The molecule has 2 heterocycles. The maximum Gasteiger partial charge on any atom is 0.395 e. The molecule has 2 unspecified atom stereocenters. The fourth-order valence-electron chi connectivity index (χ4n) is 5.55. The second-order valence-corrected chi connectivity index (χ2v) is 13.0. The first kappa shape index (κ1) is 31.6. The summed E-state index contributed by atoms with van der Waals surface area (Å²) in [5.41, 5.74) is 3.69. The van der Waals surface area contributed by atoms with Gasteiger partial charge in [0.25, 0.3) is 11.8 Å². The summed E-state index contributed by atoms with van der Waals surface area (Å²) >= 11 is 0. The van der Waals surface area contributed by atoms with Gasteiger partial charge in [-0.2, -0.15) is 13.2 Å². The molecule has 0 bridgehead atoms. The number of allylic oxidation sites excluding steroid dienone is 5. The van der Waals surface area contributed by atoms with Crippen molar-refractivity contribution in [2.45, 2.75) is 52.0 Å². The number of carbonyl (C=O) groups excluding carboxylic acids is 2. The molecule has 12 heteroatoms. The number of fused-ring (bicyclic) bond motifs is 1. The molecule has 42 heavy (non-hydrogen) atoms. The molecule has 1 fully saturated rings. The van der Waals surface area contributed by atoms with Crippen LogP contribution in [-0.4, -0.2) is 73.5 Å². The van der Waals surface area contributed by atoms with Gasteiger partial charge in [-0.1, -0.05) is 49.8 Å². The highest BCUT2D eigenvalue weighted by Gasteiger charge is 2.40. The molecular weight excluding hydrogens is 569 g/mol. The molecule has 1 aromatic rings. The van der Waals surface area contributed by atoms with Gasteiger partial charge in [0.1, 0.15) is 0 Å². The van der Waals surface area contributed by atoms with Crippen molar-refractivity contribution in [1.82, 2.24) is 20.5 Å². The van der Waals surface area contributed by atoms with Crippen LogP contribution in [0.1, 0.15) is 54.0 Å². The summed E-state index contributed by atoms with van der Waals surface area (Å²) in [4.78, 5) is 31.3. The Morgan fingerprint density at radius 3 is 2.60 bits per heavy atom. The topological polar surface area (TPSA) is 111 Å². The quantitative estimate of drug-likeness (QED) is 0.345. The van der Waals surface area contributed by atoms with Crippen LogP contribution >= 0.6 is 0 Å². The molecule has 0 radical (unpaired) electrons. The van der Waals surface area contributed by atoms with Crippen molar-refractivity contribution in [3.8, 4) is 0 Å². The van der Waals surface area contributed by atoms with E-state index in [0.717, 1.165) is 25.7 Å². The van der Waals surface area contributed by atoms with Crippen molar-refractivity contribution < 1.29 is 31.2 Å². The van der Waals surface area contributed by atoms with Crippen LogP contribution in [-0.2, 0) is 14.6 Å². The van der Waals surface area contributed by atoms with Crippen LogP contribution in [0.3, 0.4) is 0 Å². The van der Waals surface area contributed by atoms with Crippen LogP contribution in [0.2, 0.25) is 0 Å². The smallest absolute Gasteiger partial charge is 0.358 e. The SMILES string of the molecule is CCN(CC)CCNC(=O)c1c(C)[nH]c(/C=C2\C(=O)NC3=CCC(S(=O)(=O)CC4=CC=CC(C(F)(F)F)C4)C=C32)c1C. The molecule has 3 N–H and O–H groups in total. The third-order valence-electron chi connectivity index (χ3n) is 8.01. The number of hydrogen-bond acceptors (Lipinski definition) is 5. The number of aromatic nitrogens is 1. The highest BCUT2D eigenvalue weighted by atomic mass is 32.2. The van der Waals surface area contributed by atoms with Crippen molar-refractivity contribution >= 4 is 27.7 Å². The number of nitrogens with zero attached hydrogens (tertiary/aromatic N) is 1. The van der Waals surface area contributed by atoms with Crippen LogP contribution < -0.4 is 10.6 Å². The van der Waals surface area contributed by atoms with Crippen molar-refractivity contribution in [1.29, 1.82) is 0 Å². The predicted octanol–water partition coefficient (Wildman–Crippen LogP) is 4.28. The Morgan fingerprint density at radius 2 is 1.93 bits per heavy atom. The number of aromatic amines is 1. The number of carbonyl (C=O) groups is 2. The predicted molar refractivity (Wildman–Crippen MR) is 156 cm³/mol. The summed E-state index contributed by atoms with van der Waals surface area (Å²) in [6.07, 6.45) is 3.71. The van der Waals surface area contributed by atoms with Crippen molar-refractivity contribution in [2.75, 3.05) is 31.9 Å². The summed E-state index contributed by atoms with van der Waals surface area (Å²) in [6.45, 7) is 10.7. The Hall–Kier alpha value is -3.38. The number of sulfone groups is 1. The van der Waals surface area contributed by atoms with Crippen molar-refractivity contribution in [3.63, 3.8) is 0 Å². The van der Waals surface area contributed by atoms with Gasteiger partial charge in [-0.3, -0.25) is 9.59 Å². The third kappa shape index (κ3) is 6.81. The fourth-order valence-corrected chi connectivity index (χ4v) is 7.23. The van der Waals surface area contributed by atoms with Gasteiger partial charge in [0.15, 0.2) is 9.84 Å². The van der Waals surface area contributed by atoms with Gasteiger partial charge in [-0.15, -0.1) is 0 Å². The number of nitrogens with one attached hydrogen (secondary N) is 3. The number of hydrogen-bond donors (Lipinski definition) is 3. The van der Waals surface area contributed by atoms with Gasteiger partial charge in [-0.05, 0) is 51.4 Å². The number of halogens is 3. The Kier molecular flexibility index (Phi) is 9.36. The molecule has 2 atom stereocenters. The molecule has 1 aromatic heterocycles. The lowest BCUT2D eigenvalue weighted by molar-refractivity contribution is -0.160. The average molecular weight is 607 g/mol. The lowest BCUT2D eigenvalue weighted by Gasteiger charge is -2.23. The molecule has 0 aromatic carbocycles. The van der Waals surface area contributed by atoms with Crippen molar-refractivity contribution in [3.05, 3.63) is 75.3 Å². The number of alkyl halides is 3. The molecule has 8 nitrogen and oxygen atoms in total. The molecular formula is C30H37F3N4O4S. The largest absolute Gasteiger partial charge is 0.395 e. The number of amides is 2. The highest BCUT2D eigenvalue weighted by Crippen LogP contribution is 2.37. The molecule has 0 spiro atoms. The Morgan fingerprint density at radius 1 is 1.21 bits per heavy atom. The molecule has 1 saturated heterocycles. The zero-order valence-corrected chi connectivity index (χ0v) is 25.0. The number of rotatable bonds is 10. The Balaban J connectivity index is 1.54. The Labute approximate surface area is 244 Å². The molecule has 0 saturated carbocycles. The minimum atomic E-state index is -4.44. The van der Waals surface area contributed by atoms with Gasteiger partial charge < -0.3 is 20.5 Å². The first-order chi connectivity index (χ1) is 19.7. The van der Waals surface area contributed by atoms with Crippen LogP contribution in [0.15, 0.2) is 52.8 Å². The van der Waals surface area contributed by atoms with E-state index >= 15 is 0 Å². The van der Waals surface area contributed by atoms with E-state index in [1.165, 1.54) is 18.2 Å². The highest BCUT2D eigenvalue weighted by molar-refractivity contribution is 7.92. The van der Waals surface area contributed by atoms with Gasteiger partial charge in [0, 0.05) is 35.7 Å². The van der Waals surface area contributed by atoms with Gasteiger partial charge in [-0.25, -0.2) is 8.42 Å². The summed E-state index contributed by atoms with van der Waals surface area (Å²) in [7, 11) is -3.87. The maximum absolute atomic E-state index is 13.3. The lowest BCUT2D eigenvalue weighted by atomic mass is 9.95. The molecule has 228 valence electrons. The minimum absolute atomic E-state index is 0.0962. The van der Waals surface area contributed by atoms with E-state index in [1.54, 1.807) is 26.0 Å². The molecule has 3 aliphatic rings. The lowest BCUT2D eigenvalue weighted by Crippen LogP contribution is -2.35. The zero-order valence-electron chi connectivity index (χ0n) is 24.2. The van der Waals surface area contributed by atoms with Crippen LogP contribution in [0.25, 0.3) is 6.08 Å². The standard InChI is InChI=1S/C30H37F3N4O4S/c1-5-37(6-2)13-12-34-29(39)27-18(3)26(35-19(27)4)16-24-23-15-22(10-11-25(23)36-28(24)38)42(40,41)17-20-8-7-9-21(14-20)30(31,32)33/h7-9,11,15-16,21-22,35H,5-6,10,12-14,17H2,1-4H3,(H,34,39)(H,36,38)/b24-16-. The average Bonchev–Trinajstić information content (AvgIpc) is 3.39. The zero-order chi connectivity index (χ0) is 30.8. The summed E-state index contributed by atoms with van der Waals surface area (Å²) in [6, 6.07) is 0. The molecule has 4 rings (SSSR count). The Bertz CT molecular complexity index is 1510. The number of likely N-dealkylation sites (N-methyl/N-ethyl adjacent to an activating group) is 1. The summed E-state index contributed by atoms with van der Waals surface area (Å²) in [5.74, 6) is -2.84. The maximum atomic E-state index is 13.3. The summed E-state index contributed by atoms with van der Waals surface area (Å²) < 4.78 is 66.2. The number of H-pyrrole nitrogens is 1. The van der Waals surface area contributed by atoms with E-state index in [0.29, 0.717) is 40.3 Å². The van der Waals surface area contributed by atoms with Crippen LogP contribution in [0.4, 0.5) is 13.2 Å². The first-order valence-corrected chi connectivity index (χ1v) is 15.8. The number of aryl methyl sites for hydroxylation is 1. The van der Waals surface area contributed by atoms with Gasteiger partial charge in [0.05, 0.1) is 28.1 Å². The fraction of sp³-hybridized carbons (Fsp3) is 0.467. The van der Waals surface area contributed by atoms with Crippen molar-refractivity contribution in [2.24, 2.45) is 5.92 Å². The van der Waals surface area contributed by atoms with E-state index in [-0.39, 0.29) is 23.5 Å². The van der Waals surface area contributed by atoms with Gasteiger partial charge >= 0.3 is 6.18 Å². The second-order valence-electron chi connectivity index (χ2n) is 10.8. The van der Waals surface area contributed by atoms with Crippen LogP contribution in [0.5, 0.6) is 0 Å². The van der Waals surface area contributed by atoms with Gasteiger partial charge in [0.2, 0.25) is 0 Å². The second kappa shape index (κ2) is 12.5. The van der Waals surface area contributed by atoms with E-state index < -0.39 is 45.3 Å². The summed E-state index contributed by atoms with van der Waals surface area (Å²) in [5, 5.41) is 4.71. The third-order valence-corrected chi connectivity index (χ3v) is 10.0. The normalized spacial score (nSPS) is 21.7. The monoisotopic (exact) mass is 606 g/mol. The van der Waals surface area contributed by atoms with E-state index in [9.17, 15) is 31.2 Å². The molecule has 1 aliphatic heterocycles. The van der Waals surface area contributed by atoms with E-state index in [1.807, 2.05) is 0 Å². The first-order valence-electron chi connectivity index (χ1n) is 14.0. The minimum Gasteiger partial charge on any atom is -0.358 e. The van der Waals surface area contributed by atoms with Crippen LogP contribution in [0, 0.1) is 19.8 Å². The van der Waals surface area contributed by atoms with E-state index in [4.69, 9.17) is 0 Å². The molecule has 2 aliphatic carbocycles.